The van der Waals surface area contributed by atoms with E-state index in [4.69, 9.17) is 16.3 Å². The van der Waals surface area contributed by atoms with E-state index in [0.29, 0.717) is 10.5 Å². The van der Waals surface area contributed by atoms with Gasteiger partial charge in [-0.3, -0.25) is 19.3 Å². The van der Waals surface area contributed by atoms with Gasteiger partial charge in [0.1, 0.15) is 11.6 Å². The minimum Gasteiger partial charge on any atom is -0.482 e. The molecule has 3 amide bonds. The zero-order valence-electron chi connectivity index (χ0n) is 14.6. The lowest BCUT2D eigenvalue weighted by atomic mass is 10.2. The molecule has 2 aromatic rings. The van der Waals surface area contributed by atoms with Crippen LogP contribution in [0.1, 0.15) is 5.56 Å². The Morgan fingerprint density at radius 1 is 1.29 bits per heavy atom. The molecule has 0 spiro atoms. The lowest BCUT2D eigenvalue weighted by molar-refractivity contribution is -0.121. The third kappa shape index (κ3) is 4.52. The molecule has 0 radical (unpaired) electrons. The fourth-order valence-corrected chi connectivity index (χ4v) is 3.38. The highest BCUT2D eigenvalue weighted by Gasteiger charge is 2.31. The smallest absolute Gasteiger partial charge is 0.293 e. The topological polar surface area (TPSA) is 75.7 Å². The van der Waals surface area contributed by atoms with Gasteiger partial charge in [0, 0.05) is 7.05 Å². The molecule has 0 aromatic heterocycles. The van der Waals surface area contributed by atoms with Crippen LogP contribution in [0.15, 0.2) is 47.4 Å². The molecule has 1 saturated heterocycles. The molecule has 0 unspecified atom stereocenters. The number of benzene rings is 2. The predicted molar refractivity (Wildman–Crippen MR) is 106 cm³/mol. The summed E-state index contributed by atoms with van der Waals surface area (Å²) >= 11 is 7.01. The summed E-state index contributed by atoms with van der Waals surface area (Å²) in [5.74, 6) is -1.21. The highest BCUT2D eigenvalue weighted by Crippen LogP contribution is 2.32. The van der Waals surface area contributed by atoms with Gasteiger partial charge in [-0.1, -0.05) is 29.8 Å². The van der Waals surface area contributed by atoms with E-state index in [-0.39, 0.29) is 34.2 Å². The van der Waals surface area contributed by atoms with Gasteiger partial charge in [-0.25, -0.2) is 4.39 Å². The minimum atomic E-state index is -0.547. The van der Waals surface area contributed by atoms with Crippen molar-refractivity contribution in [2.75, 3.05) is 19.0 Å². The highest BCUT2D eigenvalue weighted by atomic mass is 35.5. The summed E-state index contributed by atoms with van der Waals surface area (Å²) in [6.45, 7) is -0.359. The number of hydrogen-bond donors (Lipinski definition) is 1. The quantitative estimate of drug-likeness (QED) is 0.735. The number of thioether (sulfide) groups is 1. The number of amides is 3. The summed E-state index contributed by atoms with van der Waals surface area (Å²) in [6, 6.07) is 10.5. The van der Waals surface area contributed by atoms with Crippen LogP contribution >= 0.6 is 23.4 Å². The minimum absolute atomic E-state index is 0.0578. The number of halogens is 2. The second-order valence-electron chi connectivity index (χ2n) is 5.75. The number of carbonyl (C=O) groups is 3. The Hall–Kier alpha value is -2.84. The van der Waals surface area contributed by atoms with Gasteiger partial charge in [0.15, 0.2) is 6.61 Å². The SMILES string of the molecule is CN1C(=O)SC(=Cc2ccc(OCC(=O)Nc3ccccc3F)c(Cl)c2)C1=O. The first-order valence-corrected chi connectivity index (χ1v) is 9.23. The van der Waals surface area contributed by atoms with E-state index in [2.05, 4.69) is 5.32 Å². The second-order valence-corrected chi connectivity index (χ2v) is 7.15. The molecule has 9 heteroatoms. The first-order valence-electron chi connectivity index (χ1n) is 8.03. The Kier molecular flexibility index (Phi) is 6.01. The molecule has 1 aliphatic rings. The van der Waals surface area contributed by atoms with Gasteiger partial charge in [0.05, 0.1) is 15.6 Å². The van der Waals surface area contributed by atoms with E-state index in [1.54, 1.807) is 30.3 Å². The number of ether oxygens (including phenoxy) is 1. The molecule has 2 aromatic carbocycles. The second kappa shape index (κ2) is 8.45. The third-order valence-electron chi connectivity index (χ3n) is 3.75. The van der Waals surface area contributed by atoms with E-state index in [9.17, 15) is 18.8 Å². The van der Waals surface area contributed by atoms with Gasteiger partial charge in [-0.05, 0) is 47.7 Å². The average Bonchev–Trinajstić information content (AvgIpc) is 2.90. The molecular weight excluding hydrogens is 407 g/mol. The number of nitrogens with one attached hydrogen (secondary N) is 1. The molecule has 0 atom stereocenters. The van der Waals surface area contributed by atoms with Crippen molar-refractivity contribution in [2.24, 2.45) is 0 Å². The number of rotatable bonds is 5. The zero-order valence-corrected chi connectivity index (χ0v) is 16.1. The van der Waals surface area contributed by atoms with Crippen LogP contribution in [0, 0.1) is 5.82 Å². The number of likely N-dealkylation sites (N-methyl/N-ethyl adjacent to an activating group) is 1. The standard InChI is InChI=1S/C19H14ClFN2O4S/c1-23-18(25)16(28-19(23)26)9-11-6-7-15(12(20)8-11)27-10-17(24)22-14-5-3-2-4-13(14)21/h2-9H,10H2,1H3,(H,22,24). The monoisotopic (exact) mass is 420 g/mol. The first-order chi connectivity index (χ1) is 13.3. The normalized spacial score (nSPS) is 15.2. The van der Waals surface area contributed by atoms with Gasteiger partial charge in [0.2, 0.25) is 0 Å². The molecule has 1 N–H and O–H groups in total. The molecule has 1 fully saturated rings. The summed E-state index contributed by atoms with van der Waals surface area (Å²) in [6.07, 6.45) is 1.55. The summed E-state index contributed by atoms with van der Waals surface area (Å²) in [5, 5.41) is 2.29. The van der Waals surface area contributed by atoms with Crippen molar-refractivity contribution in [3.8, 4) is 5.75 Å². The molecular formula is C19H14ClFN2O4S. The fraction of sp³-hybridized carbons (Fsp3) is 0.105. The van der Waals surface area contributed by atoms with Crippen molar-refractivity contribution in [3.05, 3.63) is 63.8 Å². The molecule has 0 aliphatic carbocycles. The number of nitrogens with zero attached hydrogens (tertiary/aromatic N) is 1. The van der Waals surface area contributed by atoms with Crippen LogP contribution < -0.4 is 10.1 Å². The number of imide groups is 1. The first kappa shape index (κ1) is 19.9. The van der Waals surface area contributed by atoms with E-state index < -0.39 is 11.7 Å². The van der Waals surface area contributed by atoms with Crippen LogP contribution in [0.2, 0.25) is 5.02 Å². The Labute approximate surface area is 169 Å². The average molecular weight is 421 g/mol. The number of carbonyl (C=O) groups excluding carboxylic acids is 3. The van der Waals surface area contributed by atoms with Crippen molar-refractivity contribution >= 4 is 52.2 Å². The van der Waals surface area contributed by atoms with E-state index >= 15 is 0 Å². The molecule has 28 heavy (non-hydrogen) atoms. The van der Waals surface area contributed by atoms with Gasteiger partial charge < -0.3 is 10.1 Å². The summed E-state index contributed by atoms with van der Waals surface area (Å²) in [5.41, 5.74) is 0.662. The van der Waals surface area contributed by atoms with Crippen LogP contribution in [-0.2, 0) is 9.59 Å². The maximum atomic E-state index is 13.5. The maximum absolute atomic E-state index is 13.5. The van der Waals surface area contributed by atoms with E-state index in [0.717, 1.165) is 16.7 Å². The van der Waals surface area contributed by atoms with Crippen LogP contribution in [0.25, 0.3) is 6.08 Å². The summed E-state index contributed by atoms with van der Waals surface area (Å²) in [7, 11) is 1.41. The summed E-state index contributed by atoms with van der Waals surface area (Å²) in [4.78, 5) is 36.7. The van der Waals surface area contributed by atoms with Gasteiger partial charge in [-0.2, -0.15) is 0 Å². The Balaban J connectivity index is 1.63. The van der Waals surface area contributed by atoms with Crippen molar-refractivity contribution in [1.29, 1.82) is 0 Å². The van der Waals surface area contributed by atoms with Crippen molar-refractivity contribution < 1.29 is 23.5 Å². The van der Waals surface area contributed by atoms with Crippen molar-refractivity contribution in [3.63, 3.8) is 0 Å². The lowest BCUT2D eigenvalue weighted by Crippen LogP contribution is -2.22. The molecule has 1 heterocycles. The van der Waals surface area contributed by atoms with Crippen LogP contribution in [0.3, 0.4) is 0 Å². The van der Waals surface area contributed by atoms with Crippen LogP contribution in [0.5, 0.6) is 5.75 Å². The molecule has 144 valence electrons. The van der Waals surface area contributed by atoms with Gasteiger partial charge >= 0.3 is 0 Å². The Morgan fingerprint density at radius 3 is 2.68 bits per heavy atom. The number of para-hydroxylation sites is 1. The number of anilines is 1. The Bertz CT molecular complexity index is 996. The van der Waals surface area contributed by atoms with Gasteiger partial charge in [0.25, 0.3) is 17.1 Å². The van der Waals surface area contributed by atoms with Crippen molar-refractivity contribution in [1.82, 2.24) is 4.90 Å². The Morgan fingerprint density at radius 2 is 2.04 bits per heavy atom. The highest BCUT2D eigenvalue weighted by molar-refractivity contribution is 8.18. The van der Waals surface area contributed by atoms with Crippen LogP contribution in [0.4, 0.5) is 14.9 Å². The maximum Gasteiger partial charge on any atom is 0.293 e. The zero-order chi connectivity index (χ0) is 20.3. The van der Waals surface area contributed by atoms with Gasteiger partial charge in [-0.15, -0.1) is 0 Å². The lowest BCUT2D eigenvalue weighted by Gasteiger charge is -2.10. The number of hydrogen-bond acceptors (Lipinski definition) is 5. The van der Waals surface area contributed by atoms with Crippen LogP contribution in [-0.4, -0.2) is 35.6 Å². The molecule has 0 bridgehead atoms. The molecule has 1 aliphatic heterocycles. The van der Waals surface area contributed by atoms with E-state index in [1.165, 1.54) is 25.2 Å². The summed E-state index contributed by atoms with van der Waals surface area (Å²) < 4.78 is 18.9. The molecule has 6 nitrogen and oxygen atoms in total. The largest absolute Gasteiger partial charge is 0.482 e. The molecule has 0 saturated carbocycles. The molecule has 3 rings (SSSR count). The van der Waals surface area contributed by atoms with Crippen molar-refractivity contribution in [2.45, 2.75) is 0 Å². The van der Waals surface area contributed by atoms with E-state index in [1.807, 2.05) is 0 Å². The third-order valence-corrected chi connectivity index (χ3v) is 5.00. The fourth-order valence-electron chi connectivity index (χ4n) is 2.31. The predicted octanol–water partition coefficient (Wildman–Crippen LogP) is 4.16.